The number of hydrogen-bond acceptors (Lipinski definition) is 4. The zero-order valence-electron chi connectivity index (χ0n) is 16.9. The molecule has 0 bridgehead atoms. The van der Waals surface area contributed by atoms with Crippen molar-refractivity contribution in [3.63, 3.8) is 0 Å². The number of aromatic amines is 1. The summed E-state index contributed by atoms with van der Waals surface area (Å²) < 4.78 is 0. The number of thioether (sulfide) groups is 1. The van der Waals surface area contributed by atoms with Gasteiger partial charge in [-0.2, -0.15) is 0 Å². The van der Waals surface area contributed by atoms with E-state index in [4.69, 9.17) is 9.97 Å². The first-order chi connectivity index (χ1) is 15.2. The minimum Gasteiger partial charge on any atom is -0.319 e. The number of H-pyrrole nitrogens is 1. The van der Waals surface area contributed by atoms with Gasteiger partial charge in [0, 0.05) is 15.9 Å². The first-order valence-electron chi connectivity index (χ1n) is 9.93. The van der Waals surface area contributed by atoms with E-state index in [1.807, 2.05) is 85.1 Å². The lowest BCUT2D eigenvalue weighted by Crippen LogP contribution is -2.15. The summed E-state index contributed by atoms with van der Waals surface area (Å²) in [5.41, 5.74) is 4.83. The van der Waals surface area contributed by atoms with Crippen molar-refractivity contribution < 1.29 is 0 Å². The fraction of sp³-hybridized carbons (Fsp3) is 0.0385. The first kappa shape index (κ1) is 19.3. The summed E-state index contributed by atoms with van der Waals surface area (Å²) in [7, 11) is 0. The van der Waals surface area contributed by atoms with Crippen LogP contribution in [0.25, 0.3) is 33.6 Å². The summed E-state index contributed by atoms with van der Waals surface area (Å²) >= 11 is 1.69. The topological polar surface area (TPSA) is 58.6 Å². The fourth-order valence-corrected chi connectivity index (χ4v) is 3.97. The minimum absolute atomic E-state index is 0.236. The van der Waals surface area contributed by atoms with Crippen LogP contribution in [0.15, 0.2) is 94.6 Å². The molecule has 0 unspecified atom stereocenters. The lowest BCUT2D eigenvalue weighted by Gasteiger charge is -2.09. The van der Waals surface area contributed by atoms with Gasteiger partial charge in [-0.3, -0.25) is 4.79 Å². The van der Waals surface area contributed by atoms with Crippen molar-refractivity contribution in [2.45, 2.75) is 4.90 Å². The van der Waals surface area contributed by atoms with Gasteiger partial charge in [0.1, 0.15) is 5.69 Å². The highest BCUT2D eigenvalue weighted by molar-refractivity contribution is 7.98. The Labute approximate surface area is 183 Å². The molecule has 0 fully saturated rings. The smallest absolute Gasteiger partial charge is 0.275 e. The molecule has 5 heteroatoms. The minimum atomic E-state index is -0.236. The van der Waals surface area contributed by atoms with Crippen LogP contribution in [-0.2, 0) is 0 Å². The summed E-state index contributed by atoms with van der Waals surface area (Å²) in [4.78, 5) is 26.7. The molecular formula is C26H19N3OS. The molecule has 0 saturated carbocycles. The molecule has 5 aromatic rings. The van der Waals surface area contributed by atoms with Gasteiger partial charge in [-0.25, -0.2) is 9.97 Å². The van der Waals surface area contributed by atoms with Gasteiger partial charge in [0.05, 0.1) is 22.2 Å². The third-order valence-corrected chi connectivity index (χ3v) is 5.90. The van der Waals surface area contributed by atoms with Crippen molar-refractivity contribution >= 4 is 45.3 Å². The van der Waals surface area contributed by atoms with Crippen molar-refractivity contribution in [2.75, 3.05) is 6.26 Å². The molecule has 0 aliphatic heterocycles. The molecule has 0 aliphatic carbocycles. The van der Waals surface area contributed by atoms with E-state index in [0.29, 0.717) is 22.5 Å². The first-order valence-corrected chi connectivity index (χ1v) is 11.1. The van der Waals surface area contributed by atoms with Gasteiger partial charge in [-0.15, -0.1) is 11.8 Å². The highest BCUT2D eigenvalue weighted by Crippen LogP contribution is 2.25. The second-order valence-corrected chi connectivity index (χ2v) is 8.03. The Morgan fingerprint density at radius 1 is 0.839 bits per heavy atom. The molecule has 0 atom stereocenters. The predicted molar refractivity (Wildman–Crippen MR) is 129 cm³/mol. The van der Waals surface area contributed by atoms with Crippen molar-refractivity contribution in [3.8, 4) is 0 Å². The quantitative estimate of drug-likeness (QED) is 0.374. The van der Waals surface area contributed by atoms with Gasteiger partial charge in [-0.1, -0.05) is 48.5 Å². The van der Waals surface area contributed by atoms with Crippen LogP contribution in [0.2, 0.25) is 0 Å². The Balaban J connectivity index is 1.74. The molecule has 0 amide bonds. The maximum atomic E-state index is 13.0. The molecule has 31 heavy (non-hydrogen) atoms. The Morgan fingerprint density at radius 3 is 2.39 bits per heavy atom. The Bertz CT molecular complexity index is 1490. The van der Waals surface area contributed by atoms with E-state index >= 15 is 0 Å². The number of hydrogen-bond donors (Lipinski definition) is 1. The summed E-state index contributed by atoms with van der Waals surface area (Å²) in [6, 6.07) is 27.7. The van der Waals surface area contributed by atoms with Crippen molar-refractivity contribution in [2.24, 2.45) is 0 Å². The van der Waals surface area contributed by atoms with Crippen LogP contribution in [0.4, 0.5) is 0 Å². The molecule has 2 heterocycles. The highest BCUT2D eigenvalue weighted by atomic mass is 32.2. The van der Waals surface area contributed by atoms with Crippen molar-refractivity contribution in [3.05, 3.63) is 112 Å². The summed E-state index contributed by atoms with van der Waals surface area (Å²) in [6.45, 7) is 0. The van der Waals surface area contributed by atoms with Crippen LogP contribution >= 0.6 is 11.8 Å². The molecule has 0 spiro atoms. The van der Waals surface area contributed by atoms with Gasteiger partial charge in [0.15, 0.2) is 0 Å². The third kappa shape index (κ3) is 3.88. The van der Waals surface area contributed by atoms with Crippen LogP contribution in [0.5, 0.6) is 0 Å². The average Bonchev–Trinajstić information content (AvgIpc) is 2.82. The normalized spacial score (nSPS) is 11.8. The van der Waals surface area contributed by atoms with Crippen molar-refractivity contribution in [1.82, 2.24) is 15.0 Å². The van der Waals surface area contributed by atoms with Crippen LogP contribution < -0.4 is 5.56 Å². The van der Waals surface area contributed by atoms with E-state index in [0.717, 1.165) is 22.0 Å². The SMILES string of the molecule is CSc1ccc(C=C(c2ccc3ccccc3n2)c2nc3ccccc3[nH]c2=O)cc1. The van der Waals surface area contributed by atoms with Gasteiger partial charge in [0.25, 0.3) is 5.56 Å². The zero-order chi connectivity index (χ0) is 21.2. The van der Waals surface area contributed by atoms with Crippen LogP contribution in [0, 0.1) is 0 Å². The van der Waals surface area contributed by atoms with E-state index in [1.165, 1.54) is 4.90 Å². The number of rotatable bonds is 4. The number of para-hydroxylation sites is 3. The molecule has 3 aromatic carbocycles. The number of nitrogens with zero attached hydrogens (tertiary/aromatic N) is 2. The molecule has 0 radical (unpaired) electrons. The number of nitrogens with one attached hydrogen (secondary N) is 1. The maximum Gasteiger partial charge on any atom is 0.275 e. The van der Waals surface area contributed by atoms with Crippen LogP contribution in [-0.4, -0.2) is 21.2 Å². The molecular weight excluding hydrogens is 402 g/mol. The largest absolute Gasteiger partial charge is 0.319 e. The molecule has 0 aliphatic rings. The van der Waals surface area contributed by atoms with Crippen molar-refractivity contribution in [1.29, 1.82) is 0 Å². The number of aromatic nitrogens is 3. The van der Waals surface area contributed by atoms with Crippen LogP contribution in [0.3, 0.4) is 0 Å². The summed E-state index contributed by atoms with van der Waals surface area (Å²) in [5, 5.41) is 1.05. The van der Waals surface area contributed by atoms with E-state index in [1.54, 1.807) is 11.8 Å². The molecule has 0 saturated heterocycles. The second-order valence-electron chi connectivity index (χ2n) is 7.15. The summed E-state index contributed by atoms with van der Waals surface area (Å²) in [5.74, 6) is 0. The molecule has 4 nitrogen and oxygen atoms in total. The second kappa shape index (κ2) is 8.20. The zero-order valence-corrected chi connectivity index (χ0v) is 17.7. The van der Waals surface area contributed by atoms with Gasteiger partial charge >= 0.3 is 0 Å². The number of benzene rings is 3. The Kier molecular flexibility index (Phi) is 5.10. The Hall–Kier alpha value is -3.70. The maximum absolute atomic E-state index is 13.0. The average molecular weight is 422 g/mol. The molecule has 150 valence electrons. The standard InChI is InChI=1S/C26H19N3OS/c1-31-19-13-10-17(11-14-19)16-20(22-15-12-18-6-2-3-7-21(18)27-22)25-26(30)29-24-9-5-4-8-23(24)28-25/h2-16H,1H3,(H,29,30). The fourth-order valence-electron chi connectivity index (χ4n) is 3.56. The van der Waals surface area contributed by atoms with E-state index in [2.05, 4.69) is 17.1 Å². The number of pyridine rings is 1. The monoisotopic (exact) mass is 421 g/mol. The lowest BCUT2D eigenvalue weighted by atomic mass is 10.0. The van der Waals surface area contributed by atoms with Crippen LogP contribution in [0.1, 0.15) is 17.0 Å². The van der Waals surface area contributed by atoms with E-state index in [-0.39, 0.29) is 5.56 Å². The molecule has 1 N–H and O–H groups in total. The lowest BCUT2D eigenvalue weighted by molar-refractivity contribution is 1.17. The van der Waals surface area contributed by atoms with Gasteiger partial charge < -0.3 is 4.98 Å². The highest BCUT2D eigenvalue weighted by Gasteiger charge is 2.15. The Morgan fingerprint density at radius 2 is 1.58 bits per heavy atom. The summed E-state index contributed by atoms with van der Waals surface area (Å²) in [6.07, 6.45) is 4.03. The van der Waals surface area contributed by atoms with Gasteiger partial charge in [0.2, 0.25) is 0 Å². The predicted octanol–water partition coefficient (Wildman–Crippen LogP) is 5.78. The third-order valence-electron chi connectivity index (χ3n) is 5.16. The van der Waals surface area contributed by atoms with Gasteiger partial charge in [-0.05, 0) is 54.3 Å². The molecule has 2 aromatic heterocycles. The van der Waals surface area contributed by atoms with E-state index < -0.39 is 0 Å². The number of fused-ring (bicyclic) bond motifs is 2. The molecule has 5 rings (SSSR count). The van der Waals surface area contributed by atoms with E-state index in [9.17, 15) is 4.79 Å².